The summed E-state index contributed by atoms with van der Waals surface area (Å²) in [6.07, 6.45) is 0. The minimum Gasteiger partial charge on any atom is -0.382 e. The van der Waals surface area contributed by atoms with E-state index < -0.39 is 0 Å². The Balaban J connectivity index is 2.45. The first-order chi connectivity index (χ1) is 8.41. The van der Waals surface area contributed by atoms with E-state index in [1.807, 2.05) is 0 Å². The van der Waals surface area contributed by atoms with Gasteiger partial charge in [-0.05, 0) is 6.07 Å². The van der Waals surface area contributed by atoms with Gasteiger partial charge in [0.2, 0.25) is 0 Å². The normalized spacial score (nSPS) is 10.0. The highest BCUT2D eigenvalue weighted by molar-refractivity contribution is 6.37. The number of urea groups is 1. The number of hydrogen-bond donors (Lipinski definition) is 3. The summed E-state index contributed by atoms with van der Waals surface area (Å²) in [4.78, 5) is 16.7. The molecule has 0 aliphatic carbocycles. The van der Waals surface area contributed by atoms with Crippen molar-refractivity contribution in [3.8, 4) is 0 Å². The van der Waals surface area contributed by atoms with Crippen molar-refractivity contribution in [2.24, 2.45) is 0 Å². The Hall–Kier alpha value is -1.40. The predicted octanol–water partition coefficient (Wildman–Crippen LogP) is 1.65. The van der Waals surface area contributed by atoms with Crippen LogP contribution in [0.2, 0.25) is 10.0 Å². The van der Waals surface area contributed by atoms with Gasteiger partial charge in [0.1, 0.15) is 11.6 Å². The number of nitrogens with one attached hydrogen (secondary N) is 2. The van der Waals surface area contributed by atoms with E-state index in [0.717, 1.165) is 0 Å². The number of halogens is 2. The second kappa shape index (κ2) is 6.51. The smallest absolute Gasteiger partial charge is 0.316 e. The maximum absolute atomic E-state index is 11.2. The average Bonchev–Trinajstić information content (AvgIpc) is 2.30. The second-order valence-electron chi connectivity index (χ2n) is 3.74. The fraction of sp³-hybridized carbons (Fsp3) is 0.400. The van der Waals surface area contributed by atoms with Crippen molar-refractivity contribution in [3.05, 3.63) is 16.1 Å². The lowest BCUT2D eigenvalue weighted by molar-refractivity contribution is 0.218. The van der Waals surface area contributed by atoms with Gasteiger partial charge in [-0.3, -0.25) is 0 Å². The highest BCUT2D eigenvalue weighted by Crippen LogP contribution is 2.26. The molecule has 4 N–H and O–H groups in total. The molecule has 0 aliphatic heterocycles. The molecule has 1 rings (SSSR count). The second-order valence-corrected chi connectivity index (χ2v) is 4.55. The standard InChI is InChI=1S/C10H15Cl2N5O/c1-17(2)10(18)15-4-3-14-9-7(12)5-6(11)8(13)16-9/h5H,3-4H2,1-2H3,(H,15,18)(H3,13,14,16). The zero-order valence-electron chi connectivity index (χ0n) is 10.1. The van der Waals surface area contributed by atoms with Crippen molar-refractivity contribution < 1.29 is 4.79 Å². The van der Waals surface area contributed by atoms with Crippen LogP contribution in [0.5, 0.6) is 0 Å². The zero-order chi connectivity index (χ0) is 13.7. The lowest BCUT2D eigenvalue weighted by Gasteiger charge is -2.13. The maximum atomic E-state index is 11.2. The Labute approximate surface area is 115 Å². The number of nitrogens with two attached hydrogens (primary N) is 1. The monoisotopic (exact) mass is 291 g/mol. The summed E-state index contributed by atoms with van der Waals surface area (Å²) in [7, 11) is 3.34. The van der Waals surface area contributed by atoms with Crippen molar-refractivity contribution in [1.82, 2.24) is 15.2 Å². The third-order valence-electron chi connectivity index (χ3n) is 2.06. The number of pyridine rings is 1. The van der Waals surface area contributed by atoms with Crippen LogP contribution in [0.3, 0.4) is 0 Å². The molecule has 18 heavy (non-hydrogen) atoms. The molecule has 0 bridgehead atoms. The van der Waals surface area contributed by atoms with Crippen LogP contribution in [0.1, 0.15) is 0 Å². The van der Waals surface area contributed by atoms with Crippen LogP contribution >= 0.6 is 23.2 Å². The fourth-order valence-corrected chi connectivity index (χ4v) is 1.54. The predicted molar refractivity (Wildman–Crippen MR) is 74.2 cm³/mol. The summed E-state index contributed by atoms with van der Waals surface area (Å²) in [6, 6.07) is 1.36. The van der Waals surface area contributed by atoms with E-state index >= 15 is 0 Å². The fourth-order valence-electron chi connectivity index (χ4n) is 1.11. The van der Waals surface area contributed by atoms with Crippen LogP contribution in [0, 0.1) is 0 Å². The highest BCUT2D eigenvalue weighted by atomic mass is 35.5. The van der Waals surface area contributed by atoms with Gasteiger partial charge < -0.3 is 21.3 Å². The molecule has 0 saturated carbocycles. The first-order valence-corrected chi connectivity index (χ1v) is 5.98. The lowest BCUT2D eigenvalue weighted by Crippen LogP contribution is -2.37. The van der Waals surface area contributed by atoms with Gasteiger partial charge in [-0.25, -0.2) is 9.78 Å². The van der Waals surface area contributed by atoms with Crippen LogP contribution in [-0.4, -0.2) is 43.1 Å². The minimum absolute atomic E-state index is 0.161. The van der Waals surface area contributed by atoms with Crippen molar-refractivity contribution >= 4 is 40.9 Å². The van der Waals surface area contributed by atoms with Gasteiger partial charge in [0.15, 0.2) is 0 Å². The molecule has 1 aromatic rings. The van der Waals surface area contributed by atoms with Gasteiger partial charge >= 0.3 is 6.03 Å². The third-order valence-corrected chi connectivity index (χ3v) is 2.65. The van der Waals surface area contributed by atoms with E-state index in [1.54, 1.807) is 14.1 Å². The highest BCUT2D eigenvalue weighted by Gasteiger charge is 2.07. The van der Waals surface area contributed by atoms with Crippen molar-refractivity contribution in [1.29, 1.82) is 0 Å². The van der Waals surface area contributed by atoms with Gasteiger partial charge in [0.05, 0.1) is 10.0 Å². The number of anilines is 2. The summed E-state index contributed by atoms with van der Waals surface area (Å²) in [5.41, 5.74) is 5.56. The molecule has 6 nitrogen and oxygen atoms in total. The molecule has 1 aromatic heterocycles. The molecular formula is C10H15Cl2N5O. The van der Waals surface area contributed by atoms with Gasteiger partial charge in [0, 0.05) is 27.2 Å². The molecule has 0 unspecified atom stereocenters. The molecule has 0 aliphatic rings. The lowest BCUT2D eigenvalue weighted by atomic mass is 10.4. The number of nitrogen functional groups attached to an aromatic ring is 1. The Bertz CT molecular complexity index is 439. The first-order valence-electron chi connectivity index (χ1n) is 5.22. The molecule has 0 radical (unpaired) electrons. The molecule has 0 atom stereocenters. The molecule has 0 fully saturated rings. The maximum Gasteiger partial charge on any atom is 0.316 e. The summed E-state index contributed by atoms with van der Waals surface area (Å²) < 4.78 is 0. The van der Waals surface area contributed by atoms with Crippen LogP contribution in [-0.2, 0) is 0 Å². The van der Waals surface area contributed by atoms with E-state index in [0.29, 0.717) is 29.0 Å². The van der Waals surface area contributed by atoms with Gasteiger partial charge in [-0.15, -0.1) is 0 Å². The van der Waals surface area contributed by atoms with Gasteiger partial charge in [-0.2, -0.15) is 0 Å². The number of hydrogen-bond acceptors (Lipinski definition) is 4. The number of rotatable bonds is 4. The van der Waals surface area contributed by atoms with E-state index in [9.17, 15) is 4.79 Å². The number of carbonyl (C=O) groups is 1. The van der Waals surface area contributed by atoms with E-state index in [4.69, 9.17) is 28.9 Å². The minimum atomic E-state index is -0.161. The van der Waals surface area contributed by atoms with Gasteiger partial charge in [-0.1, -0.05) is 23.2 Å². The Morgan fingerprint density at radius 2 is 2.06 bits per heavy atom. The molecular weight excluding hydrogens is 277 g/mol. The molecule has 100 valence electrons. The molecule has 8 heteroatoms. The Morgan fingerprint density at radius 3 is 2.67 bits per heavy atom. The third kappa shape index (κ3) is 4.12. The van der Waals surface area contributed by atoms with Crippen LogP contribution in [0.15, 0.2) is 6.07 Å². The van der Waals surface area contributed by atoms with Gasteiger partial charge in [0.25, 0.3) is 0 Å². The molecule has 0 saturated heterocycles. The number of amides is 2. The van der Waals surface area contributed by atoms with E-state index in [1.165, 1.54) is 11.0 Å². The number of nitrogens with zero attached hydrogens (tertiary/aromatic N) is 2. The summed E-state index contributed by atoms with van der Waals surface area (Å²) >= 11 is 11.7. The molecule has 1 heterocycles. The van der Waals surface area contributed by atoms with Crippen LogP contribution < -0.4 is 16.4 Å². The van der Waals surface area contributed by atoms with Crippen molar-refractivity contribution in [2.75, 3.05) is 38.2 Å². The first kappa shape index (κ1) is 14.7. The van der Waals surface area contributed by atoms with Crippen LogP contribution in [0.25, 0.3) is 0 Å². The molecule has 2 amide bonds. The zero-order valence-corrected chi connectivity index (χ0v) is 11.6. The average molecular weight is 292 g/mol. The van der Waals surface area contributed by atoms with E-state index in [-0.39, 0.29) is 11.8 Å². The topological polar surface area (TPSA) is 83.3 Å². The summed E-state index contributed by atoms with van der Waals surface area (Å²) in [6.45, 7) is 0.922. The van der Waals surface area contributed by atoms with Crippen molar-refractivity contribution in [2.45, 2.75) is 0 Å². The van der Waals surface area contributed by atoms with Crippen LogP contribution in [0.4, 0.5) is 16.4 Å². The molecule has 0 spiro atoms. The number of carbonyl (C=O) groups excluding carboxylic acids is 1. The summed E-state index contributed by atoms with van der Waals surface area (Å²) in [5, 5.41) is 6.35. The SMILES string of the molecule is CN(C)C(=O)NCCNc1nc(N)c(Cl)cc1Cl. The largest absolute Gasteiger partial charge is 0.382 e. The Morgan fingerprint density at radius 1 is 1.39 bits per heavy atom. The van der Waals surface area contributed by atoms with Crippen molar-refractivity contribution in [3.63, 3.8) is 0 Å². The Kier molecular flexibility index (Phi) is 5.30. The number of aromatic nitrogens is 1. The van der Waals surface area contributed by atoms with E-state index in [2.05, 4.69) is 15.6 Å². The quantitative estimate of drug-likeness (QED) is 0.737. The molecule has 0 aromatic carbocycles. The summed E-state index contributed by atoms with van der Waals surface area (Å²) in [5.74, 6) is 0.651.